The van der Waals surface area contributed by atoms with Crippen LogP contribution in [0, 0.1) is 6.92 Å². The highest BCUT2D eigenvalue weighted by Crippen LogP contribution is 2.22. The number of aromatic amines is 1. The predicted octanol–water partition coefficient (Wildman–Crippen LogP) is 4.71. The van der Waals surface area contributed by atoms with Crippen molar-refractivity contribution in [2.75, 3.05) is 0 Å². The van der Waals surface area contributed by atoms with Crippen molar-refractivity contribution in [2.45, 2.75) is 13.5 Å². The summed E-state index contributed by atoms with van der Waals surface area (Å²) in [5, 5.41) is 1.88. The highest BCUT2D eigenvalue weighted by Gasteiger charge is 2.03. The van der Waals surface area contributed by atoms with Crippen molar-refractivity contribution in [1.82, 2.24) is 4.98 Å². The number of benzene rings is 2. The van der Waals surface area contributed by atoms with Crippen molar-refractivity contribution in [3.63, 3.8) is 0 Å². The Morgan fingerprint density at radius 1 is 1.11 bits per heavy atom. The Labute approximate surface area is 117 Å². The summed E-state index contributed by atoms with van der Waals surface area (Å²) in [7, 11) is 0. The van der Waals surface area contributed by atoms with Crippen LogP contribution in [0.25, 0.3) is 10.9 Å². The number of para-hydroxylation sites is 1. The van der Waals surface area contributed by atoms with E-state index in [1.807, 2.05) is 49.4 Å². The zero-order chi connectivity index (χ0) is 13.2. The summed E-state index contributed by atoms with van der Waals surface area (Å²) in [6, 6.07) is 15.9. The molecule has 0 radical (unpaired) electrons. The molecule has 2 nitrogen and oxygen atoms in total. The van der Waals surface area contributed by atoms with E-state index in [2.05, 4.69) is 11.1 Å². The molecule has 0 fully saturated rings. The predicted molar refractivity (Wildman–Crippen MR) is 78.8 cm³/mol. The molecule has 0 bridgehead atoms. The van der Waals surface area contributed by atoms with Crippen LogP contribution in [-0.2, 0) is 6.61 Å². The highest BCUT2D eigenvalue weighted by molar-refractivity contribution is 6.31. The molecule has 0 aliphatic carbocycles. The summed E-state index contributed by atoms with van der Waals surface area (Å²) in [4.78, 5) is 3.32. The molecule has 0 spiro atoms. The van der Waals surface area contributed by atoms with Crippen molar-refractivity contribution in [1.29, 1.82) is 0 Å². The fraction of sp³-hybridized carbons (Fsp3) is 0.125. The zero-order valence-electron chi connectivity index (χ0n) is 10.6. The summed E-state index contributed by atoms with van der Waals surface area (Å²) in [6.45, 7) is 2.57. The lowest BCUT2D eigenvalue weighted by Gasteiger charge is -2.07. The molecule has 3 rings (SSSR count). The summed E-state index contributed by atoms with van der Waals surface area (Å²) in [5.41, 5.74) is 3.22. The van der Waals surface area contributed by atoms with Crippen LogP contribution in [0.15, 0.2) is 48.5 Å². The maximum absolute atomic E-state index is 5.97. The molecular formula is C16H14ClNO. The van der Waals surface area contributed by atoms with Gasteiger partial charge in [0.15, 0.2) is 0 Å². The summed E-state index contributed by atoms with van der Waals surface area (Å²) in [5.74, 6) is 0.916. The van der Waals surface area contributed by atoms with Gasteiger partial charge in [-0.15, -0.1) is 0 Å². The van der Waals surface area contributed by atoms with Crippen LogP contribution in [0.2, 0.25) is 5.02 Å². The average molecular weight is 272 g/mol. The third kappa shape index (κ3) is 2.59. The van der Waals surface area contributed by atoms with Crippen molar-refractivity contribution in [2.24, 2.45) is 0 Å². The molecule has 0 amide bonds. The van der Waals surface area contributed by atoms with Gasteiger partial charge in [-0.05, 0) is 42.1 Å². The SMILES string of the molecule is Cc1ccccc1OCc1cc2ccc(Cl)cc2[nH]1. The van der Waals surface area contributed by atoms with E-state index in [1.54, 1.807) is 0 Å². The smallest absolute Gasteiger partial charge is 0.128 e. The van der Waals surface area contributed by atoms with Gasteiger partial charge in [0.1, 0.15) is 12.4 Å². The standard InChI is InChI=1S/C16H14ClNO/c1-11-4-2-3-5-16(11)19-10-14-8-12-6-7-13(17)9-15(12)18-14/h2-9,18H,10H2,1H3. The van der Waals surface area contributed by atoms with Gasteiger partial charge in [0.05, 0.1) is 5.69 Å². The number of fused-ring (bicyclic) bond motifs is 1. The average Bonchev–Trinajstić information content (AvgIpc) is 2.79. The molecule has 2 aromatic carbocycles. The molecule has 1 heterocycles. The lowest BCUT2D eigenvalue weighted by Crippen LogP contribution is -1.96. The van der Waals surface area contributed by atoms with Gasteiger partial charge >= 0.3 is 0 Å². The van der Waals surface area contributed by atoms with E-state index in [4.69, 9.17) is 16.3 Å². The van der Waals surface area contributed by atoms with Crippen LogP contribution in [0.4, 0.5) is 0 Å². The van der Waals surface area contributed by atoms with E-state index >= 15 is 0 Å². The monoisotopic (exact) mass is 271 g/mol. The fourth-order valence-corrected chi connectivity index (χ4v) is 2.28. The number of ether oxygens (including phenoxy) is 1. The Morgan fingerprint density at radius 2 is 1.95 bits per heavy atom. The highest BCUT2D eigenvalue weighted by atomic mass is 35.5. The number of aryl methyl sites for hydroxylation is 1. The van der Waals surface area contributed by atoms with Gasteiger partial charge < -0.3 is 9.72 Å². The second kappa shape index (κ2) is 4.98. The number of nitrogens with one attached hydrogen (secondary N) is 1. The summed E-state index contributed by atoms with van der Waals surface area (Å²) >= 11 is 5.97. The molecule has 0 saturated carbocycles. The van der Waals surface area contributed by atoms with E-state index in [1.165, 1.54) is 0 Å². The normalized spacial score (nSPS) is 10.8. The van der Waals surface area contributed by atoms with Crippen molar-refractivity contribution >= 4 is 22.5 Å². The summed E-state index contributed by atoms with van der Waals surface area (Å²) in [6.07, 6.45) is 0. The summed E-state index contributed by atoms with van der Waals surface area (Å²) < 4.78 is 5.82. The van der Waals surface area contributed by atoms with Gasteiger partial charge in [-0.2, -0.15) is 0 Å². The molecule has 0 aliphatic heterocycles. The van der Waals surface area contributed by atoms with Gasteiger partial charge in [0, 0.05) is 10.5 Å². The van der Waals surface area contributed by atoms with Crippen LogP contribution < -0.4 is 4.74 Å². The van der Waals surface area contributed by atoms with Crippen LogP contribution in [-0.4, -0.2) is 4.98 Å². The maximum atomic E-state index is 5.97. The second-order valence-electron chi connectivity index (χ2n) is 4.58. The number of H-pyrrole nitrogens is 1. The first kappa shape index (κ1) is 12.1. The molecule has 1 N–H and O–H groups in total. The third-order valence-corrected chi connectivity index (χ3v) is 3.35. The molecule has 0 saturated heterocycles. The van der Waals surface area contributed by atoms with Crippen LogP contribution >= 0.6 is 11.6 Å². The first-order valence-electron chi connectivity index (χ1n) is 6.18. The first-order chi connectivity index (χ1) is 9.22. The van der Waals surface area contributed by atoms with Gasteiger partial charge in [0.25, 0.3) is 0 Å². The molecule has 0 aliphatic rings. The lowest BCUT2D eigenvalue weighted by molar-refractivity contribution is 0.300. The molecule has 19 heavy (non-hydrogen) atoms. The topological polar surface area (TPSA) is 25.0 Å². The van der Waals surface area contributed by atoms with E-state index < -0.39 is 0 Å². The molecule has 1 aromatic heterocycles. The van der Waals surface area contributed by atoms with Crippen LogP contribution in [0.5, 0.6) is 5.75 Å². The lowest BCUT2D eigenvalue weighted by atomic mass is 10.2. The van der Waals surface area contributed by atoms with Crippen molar-refractivity contribution in [3.8, 4) is 5.75 Å². The maximum Gasteiger partial charge on any atom is 0.128 e. The third-order valence-electron chi connectivity index (χ3n) is 3.12. The number of rotatable bonds is 3. The molecule has 0 unspecified atom stereocenters. The number of hydrogen-bond acceptors (Lipinski definition) is 1. The Hall–Kier alpha value is -1.93. The Bertz CT molecular complexity index is 718. The van der Waals surface area contributed by atoms with E-state index in [0.29, 0.717) is 6.61 Å². The minimum absolute atomic E-state index is 0.525. The van der Waals surface area contributed by atoms with Gasteiger partial charge in [0.2, 0.25) is 0 Å². The number of hydrogen-bond donors (Lipinski definition) is 1. The van der Waals surface area contributed by atoms with Crippen LogP contribution in [0.3, 0.4) is 0 Å². The minimum Gasteiger partial charge on any atom is -0.487 e. The minimum atomic E-state index is 0.525. The second-order valence-corrected chi connectivity index (χ2v) is 5.02. The molecule has 3 heteroatoms. The first-order valence-corrected chi connectivity index (χ1v) is 6.56. The number of halogens is 1. The van der Waals surface area contributed by atoms with Crippen molar-refractivity contribution < 1.29 is 4.74 Å². The van der Waals surface area contributed by atoms with Gasteiger partial charge in [-0.3, -0.25) is 0 Å². The van der Waals surface area contributed by atoms with E-state index in [0.717, 1.165) is 32.9 Å². The quantitative estimate of drug-likeness (QED) is 0.733. The largest absolute Gasteiger partial charge is 0.487 e. The van der Waals surface area contributed by atoms with E-state index in [9.17, 15) is 0 Å². The Kier molecular flexibility index (Phi) is 3.18. The van der Waals surface area contributed by atoms with E-state index in [-0.39, 0.29) is 0 Å². The molecule has 96 valence electrons. The van der Waals surface area contributed by atoms with Crippen LogP contribution in [0.1, 0.15) is 11.3 Å². The Morgan fingerprint density at radius 3 is 2.79 bits per heavy atom. The molecule has 3 aromatic rings. The van der Waals surface area contributed by atoms with Gasteiger partial charge in [-0.1, -0.05) is 35.9 Å². The molecule has 0 atom stereocenters. The fourth-order valence-electron chi connectivity index (χ4n) is 2.11. The zero-order valence-corrected chi connectivity index (χ0v) is 11.4. The number of aromatic nitrogens is 1. The van der Waals surface area contributed by atoms with Crippen molar-refractivity contribution in [3.05, 3.63) is 64.8 Å². The Balaban J connectivity index is 1.80. The van der Waals surface area contributed by atoms with Gasteiger partial charge in [-0.25, -0.2) is 0 Å². The molecular weight excluding hydrogens is 258 g/mol.